The third kappa shape index (κ3) is 6.89. The molecule has 0 atom stereocenters. The van der Waals surface area contributed by atoms with Crippen molar-refractivity contribution in [3.05, 3.63) is 57.6 Å². The lowest BCUT2D eigenvalue weighted by Crippen LogP contribution is -2.26. The van der Waals surface area contributed by atoms with Crippen LogP contribution in [-0.4, -0.2) is 42.5 Å². The summed E-state index contributed by atoms with van der Waals surface area (Å²) in [7, 11) is -0.396. The number of methoxy groups -OCH3 is 2. The highest BCUT2D eigenvalue weighted by molar-refractivity contribution is 7.64. The van der Waals surface area contributed by atoms with E-state index in [1.807, 2.05) is 0 Å². The Morgan fingerprint density at radius 1 is 1.00 bits per heavy atom. The maximum atomic E-state index is 12.1. The Hall–Kier alpha value is -1.40. The lowest BCUT2D eigenvalue weighted by atomic mass is 10.2. The Morgan fingerprint density at radius 2 is 1.68 bits per heavy atom. The molecule has 0 aliphatic rings. The molecule has 2 aromatic carbocycles. The fourth-order valence-corrected chi connectivity index (χ4v) is 4.55. The number of carbonyl (C=O) groups is 1. The number of benzene rings is 2. The van der Waals surface area contributed by atoms with E-state index in [1.54, 1.807) is 36.4 Å². The number of ether oxygens (including phenoxy) is 2. The highest BCUT2D eigenvalue weighted by Gasteiger charge is 2.36. The molecule has 6 nitrogen and oxygen atoms in total. The summed E-state index contributed by atoms with van der Waals surface area (Å²) in [6.07, 6.45) is -0.304. The van der Waals surface area contributed by atoms with Gasteiger partial charge in [-0.15, -0.1) is 0 Å². The van der Waals surface area contributed by atoms with E-state index in [0.29, 0.717) is 33.7 Å². The molecular weight excluding hydrogens is 424 g/mol. The van der Waals surface area contributed by atoms with Crippen LogP contribution in [0.15, 0.2) is 36.4 Å². The van der Waals surface area contributed by atoms with Gasteiger partial charge >= 0.3 is 0 Å². The van der Waals surface area contributed by atoms with Crippen LogP contribution in [-0.2, 0) is 17.5 Å². The molecule has 0 bridgehead atoms. The first-order valence-electron chi connectivity index (χ1n) is 8.44. The monoisotopic (exact) mass is 446 g/mol. The Labute approximate surface area is 174 Å². The molecule has 28 heavy (non-hydrogen) atoms. The number of rotatable bonds is 10. The van der Waals surface area contributed by atoms with E-state index in [1.165, 1.54) is 14.2 Å². The number of ketones is 1. The Balaban J connectivity index is 1.87. The first-order chi connectivity index (χ1) is 13.2. The van der Waals surface area contributed by atoms with Gasteiger partial charge in [-0.1, -0.05) is 35.3 Å². The van der Waals surface area contributed by atoms with Gasteiger partial charge in [0.25, 0.3) is 7.72 Å². The minimum Gasteiger partial charge on any atom is -0.493 e. The van der Waals surface area contributed by atoms with Crippen LogP contribution in [0, 0.1) is 0 Å². The van der Waals surface area contributed by atoms with E-state index in [2.05, 4.69) is 5.32 Å². The molecule has 0 spiro atoms. The predicted molar refractivity (Wildman–Crippen MR) is 113 cm³/mol. The zero-order valence-electron chi connectivity index (χ0n) is 15.6. The summed E-state index contributed by atoms with van der Waals surface area (Å²) in [6.45, 7) is 0.440. The van der Waals surface area contributed by atoms with Crippen molar-refractivity contribution in [3.8, 4) is 11.5 Å². The molecule has 9 heteroatoms. The highest BCUT2D eigenvalue weighted by atomic mass is 35.5. The molecule has 0 fully saturated rings. The molecule has 0 aliphatic carbocycles. The minimum atomic E-state index is -3.43. The van der Waals surface area contributed by atoms with Gasteiger partial charge in [-0.2, -0.15) is 0 Å². The number of Topliss-reactive ketones (excluding diaryl/α,β-unsaturated/α-hetero) is 1. The van der Waals surface area contributed by atoms with E-state index in [4.69, 9.17) is 32.7 Å². The average molecular weight is 447 g/mol. The minimum absolute atomic E-state index is 0.00805. The predicted octanol–water partition coefficient (Wildman–Crippen LogP) is 3.70. The van der Waals surface area contributed by atoms with Crippen molar-refractivity contribution in [1.29, 1.82) is 0 Å². The van der Waals surface area contributed by atoms with E-state index in [0.717, 1.165) is 5.56 Å². The summed E-state index contributed by atoms with van der Waals surface area (Å²) >= 11 is 11.8. The third-order valence-electron chi connectivity index (χ3n) is 3.95. The molecule has 0 aliphatic heterocycles. The topological polar surface area (TPSA) is 88.0 Å². The fourth-order valence-electron chi connectivity index (χ4n) is 2.66. The second-order valence-corrected chi connectivity index (χ2v) is 9.48. The van der Waals surface area contributed by atoms with Crippen LogP contribution in [0.4, 0.5) is 0 Å². The Bertz CT molecular complexity index is 832. The van der Waals surface area contributed by atoms with Gasteiger partial charge in [0.1, 0.15) is 6.16 Å². The van der Waals surface area contributed by atoms with Gasteiger partial charge in [-0.25, -0.2) is 9.79 Å². The smallest absolute Gasteiger partial charge is 0.279 e. The van der Waals surface area contributed by atoms with Crippen LogP contribution < -0.4 is 14.8 Å². The number of hydrogen-bond donors (Lipinski definition) is 3. The van der Waals surface area contributed by atoms with Gasteiger partial charge in [0, 0.05) is 6.54 Å². The first-order valence-corrected chi connectivity index (χ1v) is 11.3. The van der Waals surface area contributed by atoms with Crippen molar-refractivity contribution in [3.63, 3.8) is 0 Å². The van der Waals surface area contributed by atoms with Crippen molar-refractivity contribution < 1.29 is 24.1 Å². The van der Waals surface area contributed by atoms with Gasteiger partial charge in [0.05, 0.1) is 30.8 Å². The van der Waals surface area contributed by atoms with Crippen LogP contribution in [0.1, 0.15) is 11.1 Å². The second-order valence-electron chi connectivity index (χ2n) is 6.27. The zero-order valence-corrected chi connectivity index (χ0v) is 18.0. The van der Waals surface area contributed by atoms with Crippen LogP contribution in [0.3, 0.4) is 0 Å². The molecule has 2 aromatic rings. The van der Waals surface area contributed by atoms with Gasteiger partial charge in [-0.05, 0) is 35.4 Å². The number of nitrogens with one attached hydrogen (secondary N) is 1. The third-order valence-corrected chi connectivity index (χ3v) is 6.42. The van der Waals surface area contributed by atoms with Gasteiger partial charge in [-0.3, -0.25) is 4.79 Å². The highest BCUT2D eigenvalue weighted by Crippen LogP contribution is 2.53. The lowest BCUT2D eigenvalue weighted by Gasteiger charge is -2.14. The molecule has 0 aromatic heterocycles. The van der Waals surface area contributed by atoms with Crippen molar-refractivity contribution >= 4 is 36.7 Å². The second kappa shape index (κ2) is 10.4. The van der Waals surface area contributed by atoms with Crippen molar-refractivity contribution in [2.75, 3.05) is 26.9 Å². The normalized spacial score (nSPS) is 11.4. The first kappa shape index (κ1) is 22.9. The van der Waals surface area contributed by atoms with E-state index in [-0.39, 0.29) is 24.7 Å². The lowest BCUT2D eigenvalue weighted by molar-refractivity contribution is -0.116. The summed E-state index contributed by atoms with van der Waals surface area (Å²) in [6, 6.07) is 10.3. The Morgan fingerprint density at radius 3 is 2.32 bits per heavy atom. The van der Waals surface area contributed by atoms with E-state index >= 15 is 0 Å². The van der Waals surface area contributed by atoms with E-state index in [9.17, 15) is 14.6 Å². The molecule has 152 valence electrons. The standard InChI is InChI=1S/C19H23Cl2NO5P/c1-26-18-6-4-14(8-19(18)27-2)11-28(24,25)12-15(23)10-22-9-13-3-5-16(20)17(21)7-13/h3-8,22,24-25H,9-12H2,1-2H3/q+1. The van der Waals surface area contributed by atoms with Gasteiger partial charge < -0.3 is 14.8 Å². The van der Waals surface area contributed by atoms with Crippen molar-refractivity contribution in [1.82, 2.24) is 5.32 Å². The summed E-state index contributed by atoms with van der Waals surface area (Å²) in [5.74, 6) is 0.766. The largest absolute Gasteiger partial charge is 0.493 e. The number of hydrogen-bond acceptors (Lipinski definition) is 6. The Kier molecular flexibility index (Phi) is 8.50. The molecule has 0 unspecified atom stereocenters. The van der Waals surface area contributed by atoms with Crippen LogP contribution >= 0.6 is 30.9 Å². The molecule has 0 saturated heterocycles. The van der Waals surface area contributed by atoms with Gasteiger partial charge in [0.2, 0.25) is 0 Å². The summed E-state index contributed by atoms with van der Waals surface area (Å²) in [5.41, 5.74) is 1.54. The maximum absolute atomic E-state index is 12.1. The zero-order chi connectivity index (χ0) is 20.7. The average Bonchev–Trinajstić information content (AvgIpc) is 2.63. The molecular formula is C19H23Cl2NO5P+. The summed E-state index contributed by atoms with van der Waals surface area (Å²) in [4.78, 5) is 32.8. The molecule has 2 rings (SSSR count). The van der Waals surface area contributed by atoms with Crippen molar-refractivity contribution in [2.24, 2.45) is 0 Å². The molecule has 0 radical (unpaired) electrons. The quantitative estimate of drug-likeness (QED) is 0.482. The molecule has 0 amide bonds. The summed E-state index contributed by atoms with van der Waals surface area (Å²) < 4.78 is 10.4. The van der Waals surface area contributed by atoms with Crippen LogP contribution in [0.5, 0.6) is 11.5 Å². The van der Waals surface area contributed by atoms with Crippen LogP contribution in [0.2, 0.25) is 10.0 Å². The molecule has 0 heterocycles. The number of halogens is 2. The maximum Gasteiger partial charge on any atom is 0.279 e. The summed E-state index contributed by atoms with van der Waals surface area (Å²) in [5, 5.41) is 3.88. The number of carbonyl (C=O) groups excluding carboxylic acids is 1. The fraction of sp³-hybridized carbons (Fsp3) is 0.316. The van der Waals surface area contributed by atoms with Crippen LogP contribution in [0.25, 0.3) is 0 Å². The molecule has 0 saturated carbocycles. The van der Waals surface area contributed by atoms with Gasteiger partial charge in [0.15, 0.2) is 23.4 Å². The molecule has 3 N–H and O–H groups in total. The SMILES string of the molecule is COc1ccc(C[P+](O)(O)CC(=O)CNCc2ccc(Cl)c(Cl)c2)cc1OC. The van der Waals surface area contributed by atoms with Crippen molar-refractivity contribution in [2.45, 2.75) is 12.7 Å². The van der Waals surface area contributed by atoms with E-state index < -0.39 is 7.72 Å².